The standard InChI is InChI=1S/C19H21Cl2N3OS/c1-25-18-4-2-3-14(9-18)13-23-5-7-24(8-6-23)19(26)22-17-11-15(20)10-16(21)12-17/h2-4,9-12H,5-8,13H2,1H3,(H,22,26). The van der Waals surface area contributed by atoms with E-state index in [9.17, 15) is 0 Å². The van der Waals surface area contributed by atoms with Gasteiger partial charge in [-0.3, -0.25) is 4.90 Å². The van der Waals surface area contributed by atoms with Gasteiger partial charge in [-0.1, -0.05) is 35.3 Å². The Morgan fingerprint density at radius 1 is 1.08 bits per heavy atom. The summed E-state index contributed by atoms with van der Waals surface area (Å²) in [5, 5.41) is 5.10. The van der Waals surface area contributed by atoms with Gasteiger partial charge in [0.05, 0.1) is 7.11 Å². The van der Waals surface area contributed by atoms with E-state index in [2.05, 4.69) is 27.2 Å². The minimum absolute atomic E-state index is 0.589. The van der Waals surface area contributed by atoms with Crippen LogP contribution in [0.1, 0.15) is 5.56 Å². The van der Waals surface area contributed by atoms with Crippen LogP contribution < -0.4 is 10.1 Å². The lowest BCUT2D eigenvalue weighted by Gasteiger charge is -2.36. The van der Waals surface area contributed by atoms with Gasteiger partial charge in [-0.15, -0.1) is 0 Å². The van der Waals surface area contributed by atoms with Crippen molar-refractivity contribution in [2.45, 2.75) is 6.54 Å². The maximum atomic E-state index is 6.04. The molecule has 0 unspecified atom stereocenters. The molecule has 1 N–H and O–H groups in total. The molecule has 0 aromatic heterocycles. The first kappa shape index (κ1) is 19.2. The van der Waals surface area contributed by atoms with Gasteiger partial charge in [0.25, 0.3) is 0 Å². The molecule has 1 aliphatic rings. The van der Waals surface area contributed by atoms with E-state index in [1.54, 1.807) is 13.2 Å². The fraction of sp³-hybridized carbons (Fsp3) is 0.316. The van der Waals surface area contributed by atoms with Gasteiger partial charge in [-0.25, -0.2) is 0 Å². The maximum Gasteiger partial charge on any atom is 0.173 e. The van der Waals surface area contributed by atoms with Gasteiger partial charge in [0.15, 0.2) is 5.11 Å². The number of nitrogens with zero attached hydrogens (tertiary/aromatic N) is 2. The van der Waals surface area contributed by atoms with Crippen LogP contribution in [0.3, 0.4) is 0 Å². The molecule has 0 bridgehead atoms. The Morgan fingerprint density at radius 3 is 2.42 bits per heavy atom. The molecule has 4 nitrogen and oxygen atoms in total. The number of methoxy groups -OCH3 is 1. The molecule has 1 heterocycles. The lowest BCUT2D eigenvalue weighted by molar-refractivity contribution is 0.177. The second-order valence-corrected chi connectivity index (χ2v) is 7.46. The summed E-state index contributed by atoms with van der Waals surface area (Å²) in [5.41, 5.74) is 2.07. The van der Waals surface area contributed by atoms with Crippen molar-refractivity contribution in [2.24, 2.45) is 0 Å². The number of hydrogen-bond donors (Lipinski definition) is 1. The number of nitrogens with one attached hydrogen (secondary N) is 1. The first-order chi connectivity index (χ1) is 12.5. The average Bonchev–Trinajstić information content (AvgIpc) is 2.61. The van der Waals surface area contributed by atoms with E-state index in [0.717, 1.165) is 44.2 Å². The van der Waals surface area contributed by atoms with Gasteiger partial charge in [-0.2, -0.15) is 0 Å². The van der Waals surface area contributed by atoms with Crippen LogP contribution in [0.5, 0.6) is 5.75 Å². The van der Waals surface area contributed by atoms with E-state index in [-0.39, 0.29) is 0 Å². The van der Waals surface area contributed by atoms with Crippen molar-refractivity contribution in [2.75, 3.05) is 38.6 Å². The van der Waals surface area contributed by atoms with Crippen molar-refractivity contribution in [1.82, 2.24) is 9.80 Å². The maximum absolute atomic E-state index is 6.04. The molecule has 2 aromatic rings. The van der Waals surface area contributed by atoms with Crippen molar-refractivity contribution < 1.29 is 4.74 Å². The number of thiocarbonyl (C=S) groups is 1. The first-order valence-corrected chi connectivity index (χ1v) is 9.57. The molecule has 1 saturated heterocycles. The van der Waals surface area contributed by atoms with Crippen molar-refractivity contribution in [3.63, 3.8) is 0 Å². The molecule has 3 rings (SSSR count). The number of piperazine rings is 1. The minimum Gasteiger partial charge on any atom is -0.497 e. The van der Waals surface area contributed by atoms with E-state index in [0.29, 0.717) is 15.2 Å². The SMILES string of the molecule is COc1cccc(CN2CCN(C(=S)Nc3cc(Cl)cc(Cl)c3)CC2)c1. The molecule has 0 amide bonds. The highest BCUT2D eigenvalue weighted by atomic mass is 35.5. The summed E-state index contributed by atoms with van der Waals surface area (Å²) in [6.07, 6.45) is 0. The molecule has 26 heavy (non-hydrogen) atoms. The normalized spacial score (nSPS) is 15.0. The number of benzene rings is 2. The van der Waals surface area contributed by atoms with E-state index >= 15 is 0 Å². The number of rotatable bonds is 4. The molecule has 138 valence electrons. The Morgan fingerprint density at radius 2 is 1.77 bits per heavy atom. The van der Waals surface area contributed by atoms with E-state index in [1.165, 1.54) is 5.56 Å². The highest BCUT2D eigenvalue weighted by molar-refractivity contribution is 7.80. The minimum atomic E-state index is 0.589. The number of halogens is 2. The summed E-state index contributed by atoms with van der Waals surface area (Å²) in [6, 6.07) is 13.5. The molecule has 0 aliphatic carbocycles. The fourth-order valence-electron chi connectivity index (χ4n) is 2.97. The van der Waals surface area contributed by atoms with Crippen LogP contribution in [0.25, 0.3) is 0 Å². The first-order valence-electron chi connectivity index (χ1n) is 8.41. The molecule has 7 heteroatoms. The summed E-state index contributed by atoms with van der Waals surface area (Å²) in [7, 11) is 1.69. The molecule has 1 fully saturated rings. The van der Waals surface area contributed by atoms with Crippen LogP contribution in [-0.2, 0) is 6.54 Å². The van der Waals surface area contributed by atoms with Gasteiger partial charge in [-0.05, 0) is 48.1 Å². The van der Waals surface area contributed by atoms with Crippen molar-refractivity contribution >= 4 is 46.2 Å². The monoisotopic (exact) mass is 409 g/mol. The van der Waals surface area contributed by atoms with Gasteiger partial charge in [0.1, 0.15) is 5.75 Å². The summed E-state index contributed by atoms with van der Waals surface area (Å²) >= 11 is 17.6. The largest absolute Gasteiger partial charge is 0.497 e. The Balaban J connectivity index is 1.52. The Hall–Kier alpha value is -1.53. The lowest BCUT2D eigenvalue weighted by Crippen LogP contribution is -2.49. The second-order valence-electron chi connectivity index (χ2n) is 6.20. The van der Waals surface area contributed by atoms with Crippen LogP contribution >= 0.6 is 35.4 Å². The Bertz CT molecular complexity index is 759. The van der Waals surface area contributed by atoms with Crippen LogP contribution in [0, 0.1) is 0 Å². The van der Waals surface area contributed by atoms with Gasteiger partial charge >= 0.3 is 0 Å². The molecule has 2 aromatic carbocycles. The molecule has 0 atom stereocenters. The highest BCUT2D eigenvalue weighted by Crippen LogP contribution is 2.23. The van der Waals surface area contributed by atoms with Crippen LogP contribution in [0.2, 0.25) is 10.0 Å². The fourth-order valence-corrected chi connectivity index (χ4v) is 3.79. The van der Waals surface area contributed by atoms with Gasteiger partial charge < -0.3 is 15.0 Å². The van der Waals surface area contributed by atoms with E-state index in [4.69, 9.17) is 40.2 Å². The second kappa shape index (κ2) is 8.91. The van der Waals surface area contributed by atoms with Crippen molar-refractivity contribution in [3.8, 4) is 5.75 Å². The van der Waals surface area contributed by atoms with Crippen LogP contribution in [-0.4, -0.2) is 48.2 Å². The average molecular weight is 410 g/mol. The number of anilines is 1. The van der Waals surface area contributed by atoms with Crippen molar-refractivity contribution in [3.05, 3.63) is 58.1 Å². The summed E-state index contributed by atoms with van der Waals surface area (Å²) < 4.78 is 5.29. The van der Waals surface area contributed by atoms with E-state index < -0.39 is 0 Å². The van der Waals surface area contributed by atoms with Crippen molar-refractivity contribution in [1.29, 1.82) is 0 Å². The molecule has 1 aliphatic heterocycles. The predicted octanol–water partition coefficient (Wildman–Crippen LogP) is 4.52. The van der Waals surface area contributed by atoms with E-state index in [1.807, 2.05) is 24.3 Å². The summed E-state index contributed by atoms with van der Waals surface area (Å²) in [4.78, 5) is 4.59. The zero-order valence-corrected chi connectivity index (χ0v) is 16.9. The van der Waals surface area contributed by atoms with Gasteiger partial charge in [0, 0.05) is 48.5 Å². The molecule has 0 saturated carbocycles. The quantitative estimate of drug-likeness (QED) is 0.749. The molecule has 0 spiro atoms. The molecule has 0 radical (unpaired) electrons. The zero-order valence-electron chi connectivity index (χ0n) is 14.5. The summed E-state index contributed by atoms with van der Waals surface area (Å²) in [6.45, 7) is 4.58. The lowest BCUT2D eigenvalue weighted by atomic mass is 10.2. The topological polar surface area (TPSA) is 27.7 Å². The third-order valence-corrected chi connectivity index (χ3v) is 5.11. The molecular formula is C19H21Cl2N3OS. The summed E-state index contributed by atoms with van der Waals surface area (Å²) in [5.74, 6) is 0.895. The molecular weight excluding hydrogens is 389 g/mol. The Kier molecular flexibility index (Phi) is 6.59. The Labute approximate surface area is 169 Å². The zero-order chi connectivity index (χ0) is 18.5. The third kappa shape index (κ3) is 5.24. The third-order valence-electron chi connectivity index (χ3n) is 4.31. The number of hydrogen-bond acceptors (Lipinski definition) is 3. The van der Waals surface area contributed by atoms with Crippen LogP contribution in [0.15, 0.2) is 42.5 Å². The number of ether oxygens (including phenoxy) is 1. The highest BCUT2D eigenvalue weighted by Gasteiger charge is 2.19. The predicted molar refractivity (Wildman–Crippen MR) is 113 cm³/mol. The van der Waals surface area contributed by atoms with Gasteiger partial charge in [0.2, 0.25) is 0 Å². The smallest absolute Gasteiger partial charge is 0.173 e. The van der Waals surface area contributed by atoms with Crippen LogP contribution in [0.4, 0.5) is 5.69 Å².